The van der Waals surface area contributed by atoms with Crippen molar-refractivity contribution in [2.75, 3.05) is 13.2 Å². The molecule has 448 valence electrons. The molecule has 0 aliphatic carbocycles. The predicted octanol–water partition coefficient (Wildman–Crippen LogP) is 22.5. The lowest BCUT2D eigenvalue weighted by molar-refractivity contribution is -0.167. The predicted molar refractivity (Wildman–Crippen MR) is 343 cm³/mol. The highest BCUT2D eigenvalue weighted by Gasteiger charge is 2.19. The number of esters is 3. The fourth-order valence-corrected chi connectivity index (χ4v) is 8.79. The third-order valence-corrected chi connectivity index (χ3v) is 13.6. The minimum absolute atomic E-state index is 0.101. The van der Waals surface area contributed by atoms with Crippen LogP contribution in [0.5, 0.6) is 0 Å². The van der Waals surface area contributed by atoms with Gasteiger partial charge in [-0.15, -0.1) is 0 Å². The van der Waals surface area contributed by atoms with Gasteiger partial charge in [-0.05, 0) is 135 Å². The van der Waals surface area contributed by atoms with Crippen LogP contribution in [-0.4, -0.2) is 37.2 Å². The molecule has 0 aromatic rings. The lowest BCUT2D eigenvalue weighted by atomic mass is 10.0. The fraction of sp³-hybridized carbons (Fsp3) is 0.658. The minimum Gasteiger partial charge on any atom is -0.462 e. The normalized spacial score (nSPS) is 13.0. The Bertz CT molecular complexity index is 1680. The summed E-state index contributed by atoms with van der Waals surface area (Å²) in [5.74, 6) is -0.946. The molecule has 0 aliphatic heterocycles. The van der Waals surface area contributed by atoms with E-state index in [-0.39, 0.29) is 37.5 Å². The van der Waals surface area contributed by atoms with Crippen LogP contribution in [-0.2, 0) is 28.6 Å². The first kappa shape index (κ1) is 74.5. The SMILES string of the molecule is CC/C=C\C/C=C\C/C=C\C/C=C\C/C=C\CCCCCC(=O)OC(COC(=O)CCCCCCCC/C=C\C/C=C\C/C=C\C/C=C\CC)COC(=O)CCCCCCCCCCCCC/C=C\C/C=C\CCCCCCC. The number of carbonyl (C=O) groups excluding carboxylic acids is 3. The van der Waals surface area contributed by atoms with Crippen molar-refractivity contribution in [1.29, 1.82) is 0 Å². The Kier molecular flexibility index (Phi) is 62.3. The molecule has 1 atom stereocenters. The van der Waals surface area contributed by atoms with E-state index in [9.17, 15) is 14.4 Å². The summed E-state index contributed by atoms with van der Waals surface area (Å²) in [6.45, 7) is 6.38. The van der Waals surface area contributed by atoms with Crippen LogP contribution in [0.1, 0.15) is 290 Å². The van der Waals surface area contributed by atoms with E-state index in [2.05, 4.69) is 154 Å². The topological polar surface area (TPSA) is 78.9 Å². The first-order valence-electron chi connectivity index (χ1n) is 32.7. The number of hydrogen-bond donors (Lipinski definition) is 0. The van der Waals surface area contributed by atoms with Gasteiger partial charge < -0.3 is 14.2 Å². The number of hydrogen-bond acceptors (Lipinski definition) is 6. The van der Waals surface area contributed by atoms with Crippen LogP contribution in [0, 0.1) is 0 Å². The van der Waals surface area contributed by atoms with E-state index in [1.807, 2.05) is 0 Å². The van der Waals surface area contributed by atoms with Crippen LogP contribution in [0.2, 0.25) is 0 Å². The van der Waals surface area contributed by atoms with Crippen molar-refractivity contribution in [2.45, 2.75) is 297 Å². The molecule has 0 aromatic heterocycles. The number of allylic oxidation sites excluding steroid dienone is 22. The van der Waals surface area contributed by atoms with Crippen LogP contribution in [0.15, 0.2) is 134 Å². The van der Waals surface area contributed by atoms with E-state index in [1.54, 1.807) is 0 Å². The van der Waals surface area contributed by atoms with Gasteiger partial charge in [0.15, 0.2) is 6.10 Å². The highest BCUT2D eigenvalue weighted by molar-refractivity contribution is 5.71. The van der Waals surface area contributed by atoms with Gasteiger partial charge in [-0.2, -0.15) is 0 Å². The van der Waals surface area contributed by atoms with Crippen molar-refractivity contribution in [1.82, 2.24) is 0 Å². The van der Waals surface area contributed by atoms with Crippen LogP contribution in [0.25, 0.3) is 0 Å². The van der Waals surface area contributed by atoms with Crippen molar-refractivity contribution >= 4 is 17.9 Å². The van der Waals surface area contributed by atoms with Crippen LogP contribution < -0.4 is 0 Å². The van der Waals surface area contributed by atoms with E-state index < -0.39 is 6.10 Å². The Labute approximate surface area is 487 Å². The van der Waals surface area contributed by atoms with Gasteiger partial charge in [-0.25, -0.2) is 0 Å². The molecule has 79 heavy (non-hydrogen) atoms. The Hall–Kier alpha value is -4.45. The average molecular weight is 1090 g/mol. The van der Waals surface area contributed by atoms with Gasteiger partial charge in [0.25, 0.3) is 0 Å². The zero-order chi connectivity index (χ0) is 57.1. The lowest BCUT2D eigenvalue weighted by Crippen LogP contribution is -2.30. The van der Waals surface area contributed by atoms with E-state index >= 15 is 0 Å². The molecule has 0 saturated carbocycles. The molecule has 0 amide bonds. The van der Waals surface area contributed by atoms with Crippen LogP contribution >= 0.6 is 0 Å². The second kappa shape index (κ2) is 66.1. The number of unbranched alkanes of at least 4 members (excludes halogenated alkanes) is 25. The second-order valence-corrected chi connectivity index (χ2v) is 21.3. The van der Waals surface area contributed by atoms with Gasteiger partial charge in [0.05, 0.1) is 0 Å². The van der Waals surface area contributed by atoms with Crippen molar-refractivity contribution in [3.63, 3.8) is 0 Å². The quantitative estimate of drug-likeness (QED) is 0.0261. The van der Waals surface area contributed by atoms with Gasteiger partial charge in [-0.1, -0.05) is 270 Å². The summed E-state index contributed by atoms with van der Waals surface area (Å²) >= 11 is 0. The number of rotatable bonds is 58. The first-order valence-corrected chi connectivity index (χ1v) is 32.7. The monoisotopic (exact) mass is 1090 g/mol. The zero-order valence-corrected chi connectivity index (χ0v) is 51.3. The second-order valence-electron chi connectivity index (χ2n) is 21.3. The third kappa shape index (κ3) is 64.3. The van der Waals surface area contributed by atoms with Crippen molar-refractivity contribution in [3.05, 3.63) is 134 Å². The molecule has 0 aromatic carbocycles. The molecule has 0 spiro atoms. The molecular formula is C73H120O6. The van der Waals surface area contributed by atoms with Crippen LogP contribution in [0.4, 0.5) is 0 Å². The molecular weight excluding hydrogens is 973 g/mol. The Morgan fingerprint density at radius 3 is 0.785 bits per heavy atom. The highest BCUT2D eigenvalue weighted by atomic mass is 16.6. The largest absolute Gasteiger partial charge is 0.462 e. The highest BCUT2D eigenvalue weighted by Crippen LogP contribution is 2.15. The standard InChI is InChI=1S/C73H120O6/c1-4-7-10-13-16-19-22-25-28-31-34-35-36-37-40-42-45-48-51-54-57-60-63-66-72(75)78-69-70(79-73(76)67-64-61-58-55-52-49-46-43-39-33-30-27-24-21-18-15-12-9-6-3)68-77-71(74)65-62-59-56-53-50-47-44-41-38-32-29-26-23-20-17-14-11-8-5-2/h8-9,11-12,17-18,20-22,25-27,29-31,34,38-39,41,43,49,52,70H,4-7,10,13-16,19,23-24,28,32-33,35-37,40,42,44-48,50-51,53-69H2,1-3H3/b11-8-,12-9-,20-17-,21-18-,25-22-,29-26-,30-27-,34-31-,41-38-,43-39-,52-49-. The summed E-state index contributed by atoms with van der Waals surface area (Å²) in [6, 6.07) is 0. The molecule has 0 fully saturated rings. The van der Waals surface area contributed by atoms with Crippen LogP contribution in [0.3, 0.4) is 0 Å². The Balaban J connectivity index is 4.47. The third-order valence-electron chi connectivity index (χ3n) is 13.6. The van der Waals surface area contributed by atoms with Gasteiger partial charge in [0.1, 0.15) is 13.2 Å². The van der Waals surface area contributed by atoms with E-state index in [1.165, 1.54) is 109 Å². The van der Waals surface area contributed by atoms with Gasteiger partial charge in [0, 0.05) is 19.3 Å². The Morgan fingerprint density at radius 1 is 0.266 bits per heavy atom. The number of ether oxygens (including phenoxy) is 3. The maximum Gasteiger partial charge on any atom is 0.306 e. The van der Waals surface area contributed by atoms with Gasteiger partial charge in [-0.3, -0.25) is 14.4 Å². The summed E-state index contributed by atoms with van der Waals surface area (Å²) in [6.07, 6.45) is 93.1. The van der Waals surface area contributed by atoms with Gasteiger partial charge >= 0.3 is 17.9 Å². The fourth-order valence-electron chi connectivity index (χ4n) is 8.79. The maximum absolute atomic E-state index is 12.9. The van der Waals surface area contributed by atoms with E-state index in [4.69, 9.17) is 14.2 Å². The maximum atomic E-state index is 12.9. The molecule has 0 bridgehead atoms. The van der Waals surface area contributed by atoms with E-state index in [0.717, 1.165) is 141 Å². The van der Waals surface area contributed by atoms with Gasteiger partial charge in [0.2, 0.25) is 0 Å². The Morgan fingerprint density at radius 2 is 0.494 bits per heavy atom. The van der Waals surface area contributed by atoms with Crippen molar-refractivity contribution < 1.29 is 28.6 Å². The minimum atomic E-state index is -0.809. The lowest BCUT2D eigenvalue weighted by Gasteiger charge is -2.18. The molecule has 0 aliphatic rings. The first-order chi connectivity index (χ1) is 39.0. The molecule has 0 saturated heterocycles. The van der Waals surface area contributed by atoms with Crippen molar-refractivity contribution in [3.8, 4) is 0 Å². The summed E-state index contributed by atoms with van der Waals surface area (Å²) in [4.78, 5) is 38.4. The number of carbonyl (C=O) groups is 3. The molecule has 6 heteroatoms. The van der Waals surface area contributed by atoms with E-state index in [0.29, 0.717) is 12.8 Å². The molecule has 6 nitrogen and oxygen atoms in total. The summed E-state index contributed by atoms with van der Waals surface area (Å²) < 4.78 is 16.9. The smallest absolute Gasteiger partial charge is 0.306 e. The summed E-state index contributed by atoms with van der Waals surface area (Å²) in [5.41, 5.74) is 0. The summed E-state index contributed by atoms with van der Waals surface area (Å²) in [7, 11) is 0. The summed E-state index contributed by atoms with van der Waals surface area (Å²) in [5, 5.41) is 0. The molecule has 1 unspecified atom stereocenters. The zero-order valence-electron chi connectivity index (χ0n) is 51.3. The molecule has 0 rings (SSSR count). The molecule has 0 heterocycles. The molecule has 0 radical (unpaired) electrons. The molecule has 0 N–H and O–H groups in total. The average Bonchev–Trinajstić information content (AvgIpc) is 3.45. The van der Waals surface area contributed by atoms with Crippen molar-refractivity contribution in [2.24, 2.45) is 0 Å².